The van der Waals surface area contributed by atoms with Gasteiger partial charge in [-0.2, -0.15) is 0 Å². The summed E-state index contributed by atoms with van der Waals surface area (Å²) in [6.07, 6.45) is 7.27. The van der Waals surface area contributed by atoms with E-state index in [1.807, 2.05) is 19.9 Å². The van der Waals surface area contributed by atoms with Crippen molar-refractivity contribution in [2.45, 2.75) is 39.0 Å². The van der Waals surface area contributed by atoms with Crippen LogP contribution in [0.15, 0.2) is 23.8 Å². The first kappa shape index (κ1) is 10.8. The fraction of sp³-hybridized carbons (Fsp3) is 0.600. The molecule has 0 atom stereocenters. The summed E-state index contributed by atoms with van der Waals surface area (Å²) in [6.45, 7) is 8.13. The molecule has 0 radical (unpaired) electrons. The van der Waals surface area contributed by atoms with Gasteiger partial charge in [-0.1, -0.05) is 23.8 Å². The Kier molecular flexibility index (Phi) is 4.51. The van der Waals surface area contributed by atoms with Crippen LogP contribution in [0.2, 0.25) is 0 Å². The van der Waals surface area contributed by atoms with E-state index in [4.69, 9.17) is 11.6 Å². The molecule has 0 bridgehead atoms. The molecule has 0 nitrogen and oxygen atoms in total. The Morgan fingerprint density at radius 1 is 1.45 bits per heavy atom. The fourth-order valence-electron chi connectivity index (χ4n) is 0.643. The predicted molar refractivity (Wildman–Crippen MR) is 53.1 cm³/mol. The zero-order valence-electron chi connectivity index (χ0n) is 7.82. The molecule has 0 unspecified atom stereocenters. The predicted octanol–water partition coefficient (Wildman–Crippen LogP) is 3.92. The van der Waals surface area contributed by atoms with E-state index in [1.165, 1.54) is 5.57 Å². The Bertz CT molecular complexity index is 158. The van der Waals surface area contributed by atoms with Crippen LogP contribution in [0.5, 0.6) is 0 Å². The highest BCUT2D eigenvalue weighted by Gasteiger charge is 2.05. The first-order chi connectivity index (χ1) is 4.95. The molecule has 0 aromatic heterocycles. The topological polar surface area (TPSA) is 0 Å². The van der Waals surface area contributed by atoms with Gasteiger partial charge in [-0.25, -0.2) is 0 Å². The number of allylic oxidation sites excluding steroid dienone is 4. The molecule has 0 saturated carbocycles. The highest BCUT2D eigenvalue weighted by Crippen LogP contribution is 2.15. The molecule has 0 aliphatic carbocycles. The van der Waals surface area contributed by atoms with Crippen LogP contribution < -0.4 is 0 Å². The molecule has 0 saturated heterocycles. The number of alkyl halides is 1. The molecule has 0 aliphatic heterocycles. The molecule has 0 fully saturated rings. The van der Waals surface area contributed by atoms with Gasteiger partial charge >= 0.3 is 0 Å². The molecule has 0 aromatic carbocycles. The minimum absolute atomic E-state index is 0.200. The minimum atomic E-state index is -0.200. The highest BCUT2D eigenvalue weighted by molar-refractivity contribution is 6.24. The molecule has 0 rings (SSSR count). The third kappa shape index (κ3) is 7.67. The van der Waals surface area contributed by atoms with Crippen LogP contribution in [0, 0.1) is 0 Å². The van der Waals surface area contributed by atoms with E-state index < -0.39 is 0 Å². The SMILES string of the molecule is CC=C(C)CC=CC(C)(C)Cl. The van der Waals surface area contributed by atoms with E-state index in [0.717, 1.165) is 6.42 Å². The summed E-state index contributed by atoms with van der Waals surface area (Å²) >= 11 is 5.95. The zero-order valence-corrected chi connectivity index (χ0v) is 8.57. The monoisotopic (exact) mass is 172 g/mol. The molecule has 0 aliphatic rings. The maximum atomic E-state index is 5.95. The number of hydrogen-bond acceptors (Lipinski definition) is 0. The van der Waals surface area contributed by atoms with Crippen molar-refractivity contribution in [1.29, 1.82) is 0 Å². The molecule has 0 N–H and O–H groups in total. The number of hydrogen-bond donors (Lipinski definition) is 0. The van der Waals surface area contributed by atoms with Gasteiger partial charge in [0.25, 0.3) is 0 Å². The van der Waals surface area contributed by atoms with Crippen LogP contribution in [0.4, 0.5) is 0 Å². The lowest BCUT2D eigenvalue weighted by Crippen LogP contribution is -2.03. The number of halogens is 1. The van der Waals surface area contributed by atoms with E-state index in [1.54, 1.807) is 0 Å². The van der Waals surface area contributed by atoms with Crippen molar-refractivity contribution in [3.8, 4) is 0 Å². The first-order valence-electron chi connectivity index (χ1n) is 3.94. The minimum Gasteiger partial charge on any atom is -0.115 e. The average molecular weight is 173 g/mol. The summed E-state index contributed by atoms with van der Waals surface area (Å²) in [5.41, 5.74) is 1.38. The van der Waals surface area contributed by atoms with E-state index >= 15 is 0 Å². The Labute approximate surface area is 74.9 Å². The summed E-state index contributed by atoms with van der Waals surface area (Å²) in [4.78, 5) is -0.200. The van der Waals surface area contributed by atoms with Gasteiger partial charge in [-0.05, 0) is 34.1 Å². The zero-order chi connectivity index (χ0) is 8.91. The summed E-state index contributed by atoms with van der Waals surface area (Å²) in [7, 11) is 0. The van der Waals surface area contributed by atoms with Crippen LogP contribution in [-0.2, 0) is 0 Å². The lowest BCUT2D eigenvalue weighted by molar-refractivity contribution is 0.876. The quantitative estimate of drug-likeness (QED) is 0.447. The Balaban J connectivity index is 3.79. The largest absolute Gasteiger partial charge is 0.115 e. The van der Waals surface area contributed by atoms with E-state index in [0.29, 0.717) is 0 Å². The van der Waals surface area contributed by atoms with Crippen molar-refractivity contribution in [3.63, 3.8) is 0 Å². The van der Waals surface area contributed by atoms with Gasteiger partial charge in [0.2, 0.25) is 0 Å². The lowest BCUT2D eigenvalue weighted by Gasteiger charge is -2.07. The summed E-state index contributed by atoms with van der Waals surface area (Å²) in [6, 6.07) is 0. The molecule has 0 heterocycles. The van der Waals surface area contributed by atoms with Gasteiger partial charge in [-0.3, -0.25) is 0 Å². The molecule has 0 aromatic rings. The molecule has 11 heavy (non-hydrogen) atoms. The maximum absolute atomic E-state index is 5.95. The van der Waals surface area contributed by atoms with Crippen molar-refractivity contribution < 1.29 is 0 Å². The smallest absolute Gasteiger partial charge is 0.0569 e. The normalized spacial score (nSPS) is 14.5. The van der Waals surface area contributed by atoms with E-state index in [2.05, 4.69) is 26.0 Å². The maximum Gasteiger partial charge on any atom is 0.0569 e. The van der Waals surface area contributed by atoms with Crippen molar-refractivity contribution in [3.05, 3.63) is 23.8 Å². The molecule has 0 spiro atoms. The van der Waals surface area contributed by atoms with Gasteiger partial charge in [0, 0.05) is 0 Å². The van der Waals surface area contributed by atoms with Crippen LogP contribution in [0.25, 0.3) is 0 Å². The van der Waals surface area contributed by atoms with E-state index in [9.17, 15) is 0 Å². The summed E-state index contributed by atoms with van der Waals surface area (Å²) in [5, 5.41) is 0. The third-order valence-corrected chi connectivity index (χ3v) is 1.57. The van der Waals surface area contributed by atoms with E-state index in [-0.39, 0.29) is 4.87 Å². The Hall–Kier alpha value is -0.230. The average Bonchev–Trinajstić information content (AvgIpc) is 1.85. The Morgan fingerprint density at radius 3 is 2.36 bits per heavy atom. The van der Waals surface area contributed by atoms with Crippen LogP contribution >= 0.6 is 11.6 Å². The molecular weight excluding hydrogens is 156 g/mol. The highest BCUT2D eigenvalue weighted by atomic mass is 35.5. The molecule has 1 heteroatoms. The van der Waals surface area contributed by atoms with Gasteiger partial charge < -0.3 is 0 Å². The van der Waals surface area contributed by atoms with Crippen molar-refractivity contribution >= 4 is 11.6 Å². The number of rotatable bonds is 3. The first-order valence-corrected chi connectivity index (χ1v) is 4.32. The van der Waals surface area contributed by atoms with Gasteiger partial charge in [0.05, 0.1) is 4.87 Å². The second-order valence-electron chi connectivity index (χ2n) is 3.31. The van der Waals surface area contributed by atoms with Crippen LogP contribution in [0.1, 0.15) is 34.1 Å². The molecule has 0 amide bonds. The molecular formula is C10H17Cl. The van der Waals surface area contributed by atoms with Crippen molar-refractivity contribution in [2.24, 2.45) is 0 Å². The Morgan fingerprint density at radius 2 is 2.00 bits per heavy atom. The lowest BCUT2D eigenvalue weighted by atomic mass is 10.1. The van der Waals surface area contributed by atoms with Gasteiger partial charge in [-0.15, -0.1) is 11.6 Å². The van der Waals surface area contributed by atoms with Crippen LogP contribution in [-0.4, -0.2) is 4.87 Å². The van der Waals surface area contributed by atoms with Crippen molar-refractivity contribution in [1.82, 2.24) is 0 Å². The van der Waals surface area contributed by atoms with Crippen LogP contribution in [0.3, 0.4) is 0 Å². The standard InChI is InChI=1S/C10H17Cl/c1-5-9(2)7-6-8-10(3,4)11/h5-6,8H,7H2,1-4H3. The van der Waals surface area contributed by atoms with Gasteiger partial charge in [0.1, 0.15) is 0 Å². The fourth-order valence-corrected chi connectivity index (χ4v) is 0.732. The second kappa shape index (κ2) is 4.61. The third-order valence-electron chi connectivity index (χ3n) is 1.45. The summed E-state index contributed by atoms with van der Waals surface area (Å²) < 4.78 is 0. The molecule has 64 valence electrons. The van der Waals surface area contributed by atoms with Crippen molar-refractivity contribution in [2.75, 3.05) is 0 Å². The van der Waals surface area contributed by atoms with Gasteiger partial charge in [0.15, 0.2) is 0 Å². The second-order valence-corrected chi connectivity index (χ2v) is 4.28. The summed E-state index contributed by atoms with van der Waals surface area (Å²) in [5.74, 6) is 0.